The van der Waals surface area contributed by atoms with Crippen molar-refractivity contribution in [3.8, 4) is 11.4 Å². The van der Waals surface area contributed by atoms with E-state index in [1.807, 2.05) is 89.6 Å². The van der Waals surface area contributed by atoms with Gasteiger partial charge in [-0.2, -0.15) is 0 Å². The maximum absolute atomic E-state index is 13.3. The number of thioether (sulfide) groups is 1. The van der Waals surface area contributed by atoms with Gasteiger partial charge in [-0.15, -0.1) is 10.2 Å². The highest BCUT2D eigenvalue weighted by Crippen LogP contribution is 2.38. The summed E-state index contributed by atoms with van der Waals surface area (Å²) in [6.07, 6.45) is 0. The summed E-state index contributed by atoms with van der Waals surface area (Å²) in [5, 5.41) is 12.6. The highest BCUT2D eigenvalue weighted by atomic mass is 35.5. The van der Waals surface area contributed by atoms with Gasteiger partial charge in [-0.25, -0.2) is 4.68 Å². The molecule has 1 aromatic heterocycles. The van der Waals surface area contributed by atoms with Crippen molar-refractivity contribution < 1.29 is 4.79 Å². The molecule has 0 spiro atoms. The number of aromatic nitrogens is 3. The predicted molar refractivity (Wildman–Crippen MR) is 127 cm³/mol. The summed E-state index contributed by atoms with van der Waals surface area (Å²) in [6, 6.07) is 27.0. The lowest BCUT2D eigenvalue weighted by Gasteiger charge is -2.33. The van der Waals surface area contributed by atoms with Crippen LogP contribution in [0.4, 0.5) is 0 Å². The van der Waals surface area contributed by atoms with E-state index >= 15 is 0 Å². The SMILES string of the molecule is O=C(NCc1ccccc1)[C@H]1Sc2nnc(-c3ccccc3)n2N[C@@H]1c1ccc(Cl)cc1. The smallest absolute Gasteiger partial charge is 0.236 e. The van der Waals surface area contributed by atoms with Gasteiger partial charge in [0.05, 0.1) is 6.04 Å². The third-order valence-corrected chi connectivity index (χ3v) is 6.73. The lowest BCUT2D eigenvalue weighted by atomic mass is 10.0. The van der Waals surface area contributed by atoms with Crippen LogP contribution in [0.15, 0.2) is 90.1 Å². The number of nitrogens with zero attached hydrogens (tertiary/aromatic N) is 3. The molecule has 1 amide bonds. The van der Waals surface area contributed by atoms with Crippen molar-refractivity contribution >= 4 is 29.3 Å². The number of halogens is 1. The van der Waals surface area contributed by atoms with Crippen LogP contribution in [0.25, 0.3) is 11.4 Å². The maximum Gasteiger partial charge on any atom is 0.236 e. The first-order valence-electron chi connectivity index (χ1n) is 10.2. The van der Waals surface area contributed by atoms with E-state index in [1.54, 1.807) is 0 Å². The Morgan fingerprint density at radius 2 is 1.66 bits per heavy atom. The third-order valence-electron chi connectivity index (χ3n) is 5.27. The molecule has 4 aromatic rings. The summed E-state index contributed by atoms with van der Waals surface area (Å²) in [7, 11) is 0. The van der Waals surface area contributed by atoms with Crippen LogP contribution in [-0.4, -0.2) is 26.0 Å². The zero-order valence-electron chi connectivity index (χ0n) is 17.0. The van der Waals surface area contributed by atoms with Gasteiger partial charge >= 0.3 is 0 Å². The molecule has 0 fully saturated rings. The molecule has 1 aliphatic heterocycles. The van der Waals surface area contributed by atoms with Crippen LogP contribution >= 0.6 is 23.4 Å². The summed E-state index contributed by atoms with van der Waals surface area (Å²) in [6.45, 7) is 0.464. The molecule has 0 radical (unpaired) electrons. The normalized spacial score (nSPS) is 17.3. The Hall–Kier alpha value is -3.29. The van der Waals surface area contributed by atoms with Gasteiger partial charge < -0.3 is 10.7 Å². The van der Waals surface area contributed by atoms with E-state index < -0.39 is 5.25 Å². The molecular weight excluding hydrogens is 442 g/mol. The van der Waals surface area contributed by atoms with Crippen LogP contribution < -0.4 is 10.7 Å². The second-order valence-electron chi connectivity index (χ2n) is 7.41. The molecule has 6 nitrogen and oxygen atoms in total. The molecule has 0 saturated carbocycles. The lowest BCUT2D eigenvalue weighted by Crippen LogP contribution is -2.43. The molecule has 1 aliphatic rings. The number of nitrogens with one attached hydrogen (secondary N) is 2. The quantitative estimate of drug-likeness (QED) is 0.451. The van der Waals surface area contributed by atoms with Gasteiger partial charge in [-0.1, -0.05) is 96.2 Å². The first-order chi connectivity index (χ1) is 15.7. The number of hydrogen-bond acceptors (Lipinski definition) is 5. The van der Waals surface area contributed by atoms with Crippen LogP contribution in [-0.2, 0) is 11.3 Å². The topological polar surface area (TPSA) is 71.8 Å². The van der Waals surface area contributed by atoms with Gasteiger partial charge in [0.2, 0.25) is 11.1 Å². The Morgan fingerprint density at radius 1 is 0.969 bits per heavy atom. The Morgan fingerprint density at radius 3 is 2.38 bits per heavy atom. The monoisotopic (exact) mass is 461 g/mol. The molecule has 5 rings (SSSR count). The molecule has 2 atom stereocenters. The highest BCUT2D eigenvalue weighted by Gasteiger charge is 2.37. The maximum atomic E-state index is 13.3. The minimum absolute atomic E-state index is 0.0678. The summed E-state index contributed by atoms with van der Waals surface area (Å²) in [4.78, 5) is 13.3. The Balaban J connectivity index is 1.46. The Labute approximate surface area is 195 Å². The number of fused-ring (bicyclic) bond motifs is 1. The minimum Gasteiger partial charge on any atom is -0.351 e. The molecule has 3 aromatic carbocycles. The standard InChI is InChI=1S/C24H20ClN5OS/c25-19-13-11-17(12-14-19)20-21(23(31)26-15-16-7-3-1-4-8-16)32-24-28-27-22(30(24)29-20)18-9-5-2-6-10-18/h1-14,20-21,29H,15H2,(H,26,31)/t20-,21+/m1/s1. The molecule has 0 aliphatic carbocycles. The average molecular weight is 462 g/mol. The van der Waals surface area contributed by atoms with Crippen LogP contribution in [0.3, 0.4) is 0 Å². The summed E-state index contributed by atoms with van der Waals surface area (Å²) < 4.78 is 1.86. The lowest BCUT2D eigenvalue weighted by molar-refractivity contribution is -0.121. The van der Waals surface area contributed by atoms with Gasteiger partial charge in [0, 0.05) is 17.1 Å². The van der Waals surface area contributed by atoms with E-state index in [0.717, 1.165) is 16.7 Å². The van der Waals surface area contributed by atoms with E-state index in [4.69, 9.17) is 11.6 Å². The molecule has 32 heavy (non-hydrogen) atoms. The van der Waals surface area contributed by atoms with E-state index in [2.05, 4.69) is 20.9 Å². The van der Waals surface area contributed by atoms with Crippen molar-refractivity contribution in [3.05, 3.63) is 101 Å². The fourth-order valence-electron chi connectivity index (χ4n) is 3.64. The molecule has 0 bridgehead atoms. The van der Waals surface area contributed by atoms with Gasteiger partial charge in [-0.3, -0.25) is 4.79 Å². The van der Waals surface area contributed by atoms with Crippen LogP contribution in [0.2, 0.25) is 5.02 Å². The molecule has 0 saturated heterocycles. The van der Waals surface area contributed by atoms with Crippen molar-refractivity contribution in [3.63, 3.8) is 0 Å². The number of hydrogen-bond donors (Lipinski definition) is 2. The van der Waals surface area contributed by atoms with Gasteiger partial charge in [0.25, 0.3) is 0 Å². The van der Waals surface area contributed by atoms with Crippen molar-refractivity contribution in [2.45, 2.75) is 23.0 Å². The Bertz CT molecular complexity index is 1210. The third kappa shape index (κ3) is 4.22. The summed E-state index contributed by atoms with van der Waals surface area (Å²) >= 11 is 7.51. The van der Waals surface area contributed by atoms with Crippen molar-refractivity contribution in [2.24, 2.45) is 0 Å². The van der Waals surface area contributed by atoms with Crippen LogP contribution in [0, 0.1) is 0 Å². The summed E-state index contributed by atoms with van der Waals surface area (Å²) in [5.74, 6) is 0.636. The average Bonchev–Trinajstić information content (AvgIpc) is 3.26. The molecule has 2 N–H and O–H groups in total. The molecular formula is C24H20ClN5OS. The number of benzene rings is 3. The number of carbonyl (C=O) groups is 1. The van der Waals surface area contributed by atoms with E-state index in [-0.39, 0.29) is 11.9 Å². The van der Waals surface area contributed by atoms with E-state index in [1.165, 1.54) is 11.8 Å². The first kappa shape index (κ1) is 20.6. The second kappa shape index (κ2) is 9.06. The summed E-state index contributed by atoms with van der Waals surface area (Å²) in [5.41, 5.74) is 6.43. The van der Waals surface area contributed by atoms with Crippen molar-refractivity contribution in [2.75, 3.05) is 5.43 Å². The van der Waals surface area contributed by atoms with Crippen LogP contribution in [0.5, 0.6) is 0 Å². The minimum atomic E-state index is -0.430. The van der Waals surface area contributed by atoms with Gasteiger partial charge in [0.15, 0.2) is 5.82 Å². The van der Waals surface area contributed by atoms with Crippen molar-refractivity contribution in [1.29, 1.82) is 0 Å². The molecule has 160 valence electrons. The van der Waals surface area contributed by atoms with Crippen molar-refractivity contribution in [1.82, 2.24) is 20.2 Å². The predicted octanol–water partition coefficient (Wildman–Crippen LogP) is 4.67. The highest BCUT2D eigenvalue weighted by molar-refractivity contribution is 8.00. The molecule has 2 heterocycles. The van der Waals surface area contributed by atoms with E-state index in [9.17, 15) is 4.79 Å². The fraction of sp³-hybridized carbons (Fsp3) is 0.125. The molecule has 0 unspecified atom stereocenters. The first-order valence-corrected chi connectivity index (χ1v) is 11.5. The fourth-order valence-corrected chi connectivity index (χ4v) is 4.87. The largest absolute Gasteiger partial charge is 0.351 e. The zero-order chi connectivity index (χ0) is 21.9. The number of rotatable bonds is 5. The van der Waals surface area contributed by atoms with Crippen LogP contribution in [0.1, 0.15) is 17.2 Å². The Kier molecular flexibility index (Phi) is 5.83. The van der Waals surface area contributed by atoms with Gasteiger partial charge in [0.1, 0.15) is 5.25 Å². The van der Waals surface area contributed by atoms with E-state index in [0.29, 0.717) is 22.5 Å². The molecule has 8 heteroatoms. The number of carbonyl (C=O) groups excluding carboxylic acids is 1. The number of amides is 1. The van der Waals surface area contributed by atoms with Gasteiger partial charge in [-0.05, 0) is 23.3 Å². The second-order valence-corrected chi connectivity index (χ2v) is 8.95. The zero-order valence-corrected chi connectivity index (χ0v) is 18.6.